The van der Waals surface area contributed by atoms with E-state index in [4.69, 9.17) is 0 Å². The number of hydrogen-bond acceptors (Lipinski definition) is 5. The molecule has 1 amide bonds. The van der Waals surface area contributed by atoms with Crippen molar-refractivity contribution >= 4 is 21.8 Å². The Labute approximate surface area is 166 Å². The van der Waals surface area contributed by atoms with Crippen molar-refractivity contribution in [3.63, 3.8) is 0 Å². The molecule has 2 fully saturated rings. The van der Waals surface area contributed by atoms with Crippen LogP contribution >= 0.6 is 15.9 Å². The van der Waals surface area contributed by atoms with Gasteiger partial charge in [-0.15, -0.1) is 0 Å². The van der Waals surface area contributed by atoms with E-state index in [-0.39, 0.29) is 42.3 Å². The van der Waals surface area contributed by atoms with Crippen LogP contribution in [0.1, 0.15) is 29.6 Å². The maximum absolute atomic E-state index is 13.1. The minimum absolute atomic E-state index is 0.0175. The number of aromatic hydroxyl groups is 1. The number of hydrogen-bond donors (Lipinski definition) is 4. The molecular formula is C20H22BrN3O3. The summed E-state index contributed by atoms with van der Waals surface area (Å²) in [5, 5.41) is 19.6. The Morgan fingerprint density at radius 3 is 2.59 bits per heavy atom. The third kappa shape index (κ3) is 3.25. The molecule has 2 aromatic carbocycles. The summed E-state index contributed by atoms with van der Waals surface area (Å²) in [6.07, 6.45) is 0.532. The van der Waals surface area contributed by atoms with E-state index in [1.165, 1.54) is 0 Å². The van der Waals surface area contributed by atoms with Gasteiger partial charge in [-0.25, -0.2) is 10.9 Å². The van der Waals surface area contributed by atoms with Crippen LogP contribution in [-0.4, -0.2) is 40.2 Å². The van der Waals surface area contributed by atoms with Crippen LogP contribution in [0, 0.1) is 5.92 Å². The molecule has 142 valence electrons. The standard InChI is InChI=1S/C20H22BrN3O3/c21-13-6-3-5-12(11-13)19-16-17(14-7-1-2-8-15(14)26)22-23-18(16)20(27)24(19)9-4-10-25/h1-3,5-8,11,16-19,22-23,25-26H,4,9-10H2. The summed E-state index contributed by atoms with van der Waals surface area (Å²) in [6.45, 7) is 0.535. The number of phenolic OH excluding ortho intramolecular Hbond substituents is 1. The number of likely N-dealkylation sites (tertiary alicyclic amines) is 1. The summed E-state index contributed by atoms with van der Waals surface area (Å²) < 4.78 is 0.955. The van der Waals surface area contributed by atoms with Crippen molar-refractivity contribution in [1.82, 2.24) is 15.8 Å². The first-order valence-electron chi connectivity index (χ1n) is 9.07. The highest BCUT2D eigenvalue weighted by molar-refractivity contribution is 9.10. The molecule has 2 aromatic rings. The molecule has 0 radical (unpaired) electrons. The van der Waals surface area contributed by atoms with Crippen molar-refractivity contribution in [3.8, 4) is 5.75 Å². The maximum Gasteiger partial charge on any atom is 0.242 e. The van der Waals surface area contributed by atoms with E-state index in [1.54, 1.807) is 12.1 Å². The van der Waals surface area contributed by atoms with E-state index in [9.17, 15) is 15.0 Å². The molecule has 4 rings (SSSR count). The van der Waals surface area contributed by atoms with Gasteiger partial charge in [0.2, 0.25) is 5.91 Å². The number of phenols is 1. The molecule has 4 atom stereocenters. The largest absolute Gasteiger partial charge is 0.508 e. The average molecular weight is 432 g/mol. The number of para-hydroxylation sites is 1. The van der Waals surface area contributed by atoms with E-state index < -0.39 is 0 Å². The third-order valence-electron chi connectivity index (χ3n) is 5.43. The van der Waals surface area contributed by atoms with E-state index in [0.717, 1.165) is 15.6 Å². The molecule has 2 aliphatic heterocycles. The van der Waals surface area contributed by atoms with Crippen molar-refractivity contribution in [1.29, 1.82) is 0 Å². The van der Waals surface area contributed by atoms with E-state index in [0.29, 0.717) is 13.0 Å². The normalized spacial score (nSPS) is 27.2. The van der Waals surface area contributed by atoms with Crippen LogP contribution in [-0.2, 0) is 4.79 Å². The molecule has 6 nitrogen and oxygen atoms in total. The van der Waals surface area contributed by atoms with Gasteiger partial charge < -0.3 is 15.1 Å². The fourth-order valence-corrected chi connectivity index (χ4v) is 4.71. The first-order chi connectivity index (χ1) is 13.1. The van der Waals surface area contributed by atoms with Crippen molar-refractivity contribution in [2.45, 2.75) is 24.5 Å². The number of carbonyl (C=O) groups excluding carboxylic acids is 1. The molecule has 2 aliphatic rings. The molecule has 7 heteroatoms. The molecule has 2 saturated heterocycles. The minimum atomic E-state index is -0.378. The number of nitrogens with zero attached hydrogens (tertiary/aromatic N) is 1. The van der Waals surface area contributed by atoms with Gasteiger partial charge in [0.15, 0.2) is 0 Å². The number of aliphatic hydroxyl groups excluding tert-OH is 1. The lowest BCUT2D eigenvalue weighted by molar-refractivity contribution is -0.130. The van der Waals surface area contributed by atoms with Gasteiger partial charge >= 0.3 is 0 Å². The highest BCUT2D eigenvalue weighted by atomic mass is 79.9. The smallest absolute Gasteiger partial charge is 0.242 e. The van der Waals surface area contributed by atoms with Crippen LogP contribution < -0.4 is 10.9 Å². The number of carbonyl (C=O) groups is 1. The molecule has 4 N–H and O–H groups in total. The number of hydrazine groups is 1. The summed E-state index contributed by atoms with van der Waals surface area (Å²) in [6, 6.07) is 14.5. The molecule has 27 heavy (non-hydrogen) atoms. The second-order valence-electron chi connectivity index (χ2n) is 6.99. The van der Waals surface area contributed by atoms with Crippen LogP contribution in [0.4, 0.5) is 0 Å². The molecule has 2 heterocycles. The van der Waals surface area contributed by atoms with Crippen LogP contribution in [0.15, 0.2) is 53.0 Å². The first kappa shape index (κ1) is 18.4. The van der Waals surface area contributed by atoms with Crippen molar-refractivity contribution in [2.75, 3.05) is 13.2 Å². The van der Waals surface area contributed by atoms with Crippen LogP contribution in [0.2, 0.25) is 0 Å². The number of halogens is 1. The monoisotopic (exact) mass is 431 g/mol. The van der Waals surface area contributed by atoms with Gasteiger partial charge in [-0.2, -0.15) is 0 Å². The number of fused-ring (bicyclic) bond motifs is 1. The highest BCUT2D eigenvalue weighted by Gasteiger charge is 2.55. The second-order valence-corrected chi connectivity index (χ2v) is 7.90. The predicted octanol–water partition coefficient (Wildman–Crippen LogP) is 2.25. The zero-order valence-electron chi connectivity index (χ0n) is 14.7. The number of nitrogens with one attached hydrogen (secondary N) is 2. The van der Waals surface area contributed by atoms with Gasteiger partial charge in [-0.1, -0.05) is 46.3 Å². The van der Waals surface area contributed by atoms with Crippen LogP contribution in [0.3, 0.4) is 0 Å². The van der Waals surface area contributed by atoms with Crippen molar-refractivity contribution in [3.05, 3.63) is 64.1 Å². The minimum Gasteiger partial charge on any atom is -0.508 e. The molecule has 0 bridgehead atoms. The molecule has 0 saturated carbocycles. The fraction of sp³-hybridized carbons (Fsp3) is 0.350. The first-order valence-corrected chi connectivity index (χ1v) is 9.87. The Morgan fingerprint density at radius 1 is 1.07 bits per heavy atom. The Morgan fingerprint density at radius 2 is 1.85 bits per heavy atom. The highest BCUT2D eigenvalue weighted by Crippen LogP contribution is 2.48. The van der Waals surface area contributed by atoms with Gasteiger partial charge in [0.25, 0.3) is 0 Å². The van der Waals surface area contributed by atoms with Gasteiger partial charge in [0.1, 0.15) is 11.8 Å². The molecule has 0 spiro atoms. The van der Waals surface area contributed by atoms with Crippen molar-refractivity contribution in [2.24, 2.45) is 5.92 Å². The number of amides is 1. The third-order valence-corrected chi connectivity index (χ3v) is 5.93. The average Bonchev–Trinajstić information content (AvgIpc) is 3.20. The second kappa shape index (κ2) is 7.59. The number of benzene rings is 2. The predicted molar refractivity (Wildman–Crippen MR) is 105 cm³/mol. The Bertz CT molecular complexity index is 847. The van der Waals surface area contributed by atoms with Gasteiger partial charge in [-0.05, 0) is 30.2 Å². The van der Waals surface area contributed by atoms with E-state index in [2.05, 4.69) is 26.8 Å². The summed E-state index contributed by atoms with van der Waals surface area (Å²) >= 11 is 3.53. The quantitative estimate of drug-likeness (QED) is 0.583. The zero-order valence-corrected chi connectivity index (χ0v) is 16.3. The molecule has 0 aliphatic carbocycles. The Hall–Kier alpha value is -1.93. The molecule has 0 aromatic heterocycles. The lowest BCUT2D eigenvalue weighted by atomic mass is 9.83. The van der Waals surface area contributed by atoms with Gasteiger partial charge in [-0.3, -0.25) is 4.79 Å². The summed E-state index contributed by atoms with van der Waals surface area (Å²) in [7, 11) is 0. The maximum atomic E-state index is 13.1. The van der Waals surface area contributed by atoms with E-state index >= 15 is 0 Å². The Balaban J connectivity index is 1.77. The molecular weight excluding hydrogens is 410 g/mol. The zero-order chi connectivity index (χ0) is 19.0. The molecule has 4 unspecified atom stereocenters. The van der Waals surface area contributed by atoms with Crippen molar-refractivity contribution < 1.29 is 15.0 Å². The lowest BCUT2D eigenvalue weighted by Crippen LogP contribution is -2.41. The summed E-state index contributed by atoms with van der Waals surface area (Å²) in [5.74, 6) is 0.148. The number of rotatable bonds is 5. The van der Waals surface area contributed by atoms with E-state index in [1.807, 2.05) is 41.3 Å². The summed E-state index contributed by atoms with van der Waals surface area (Å²) in [5.41, 5.74) is 8.17. The Kier molecular flexibility index (Phi) is 5.19. The SMILES string of the molecule is O=C1C2NNC(c3ccccc3O)C2C(c2cccc(Br)c2)N1CCCO. The fourth-order valence-electron chi connectivity index (χ4n) is 4.30. The topological polar surface area (TPSA) is 84.8 Å². The van der Waals surface area contributed by atoms with Crippen LogP contribution in [0.5, 0.6) is 5.75 Å². The van der Waals surface area contributed by atoms with Gasteiger partial charge in [0, 0.05) is 29.1 Å². The lowest BCUT2D eigenvalue weighted by Gasteiger charge is -2.31. The number of aliphatic hydroxyl groups is 1. The van der Waals surface area contributed by atoms with Gasteiger partial charge in [0.05, 0.1) is 12.1 Å². The van der Waals surface area contributed by atoms with Crippen LogP contribution in [0.25, 0.3) is 0 Å². The summed E-state index contributed by atoms with van der Waals surface area (Å²) in [4.78, 5) is 14.9.